The second-order valence-corrected chi connectivity index (χ2v) is 5.46. The first-order valence-electron chi connectivity index (χ1n) is 7.41. The van der Waals surface area contributed by atoms with Crippen molar-refractivity contribution in [2.45, 2.75) is 39.8 Å². The summed E-state index contributed by atoms with van der Waals surface area (Å²) in [6.45, 7) is 5.95. The van der Waals surface area contributed by atoms with Gasteiger partial charge in [-0.15, -0.1) is 0 Å². The fourth-order valence-corrected chi connectivity index (χ4v) is 2.65. The molecule has 0 fully saturated rings. The molecule has 0 amide bonds. The fraction of sp³-hybridized carbons (Fsp3) is 0.375. The molecule has 3 rings (SSSR count). The molecule has 0 bridgehead atoms. The van der Waals surface area contributed by atoms with Gasteiger partial charge in [0, 0.05) is 24.8 Å². The second-order valence-electron chi connectivity index (χ2n) is 5.46. The number of hydrogen-bond acceptors (Lipinski definition) is 3. The average Bonchev–Trinajstić information content (AvgIpc) is 3.00. The zero-order chi connectivity index (χ0) is 14.8. The number of aryl methyl sites for hydroxylation is 4. The Bertz CT molecular complexity index is 753. The number of benzene rings is 1. The number of rotatable bonds is 5. The van der Waals surface area contributed by atoms with E-state index in [0.717, 1.165) is 48.5 Å². The van der Waals surface area contributed by atoms with Gasteiger partial charge in [-0.2, -0.15) is 5.10 Å². The highest BCUT2D eigenvalue weighted by atomic mass is 15.3. The topological polar surface area (TPSA) is 61.7 Å². The number of nitrogens with two attached hydrogens (primary N) is 1. The van der Waals surface area contributed by atoms with Crippen LogP contribution in [-0.4, -0.2) is 19.3 Å². The standard InChI is InChI=1S/C16H21N5/c1-3-4-16-19-14-9-13(17)5-6-15(14)21(16)8-7-20-11-12(2)10-18-20/h5-6,9-11H,3-4,7-8,17H2,1-2H3. The lowest BCUT2D eigenvalue weighted by Gasteiger charge is -2.09. The zero-order valence-electron chi connectivity index (χ0n) is 12.6. The number of fused-ring (bicyclic) bond motifs is 1. The molecule has 21 heavy (non-hydrogen) atoms. The monoisotopic (exact) mass is 283 g/mol. The van der Waals surface area contributed by atoms with Crippen LogP contribution in [-0.2, 0) is 19.5 Å². The summed E-state index contributed by atoms with van der Waals surface area (Å²) >= 11 is 0. The predicted octanol–water partition coefficient (Wildman–Crippen LogP) is 2.78. The van der Waals surface area contributed by atoms with Crippen molar-refractivity contribution in [2.75, 3.05) is 5.73 Å². The molecule has 0 radical (unpaired) electrons. The van der Waals surface area contributed by atoms with E-state index >= 15 is 0 Å². The lowest BCUT2D eigenvalue weighted by atomic mass is 10.3. The largest absolute Gasteiger partial charge is 0.399 e. The van der Waals surface area contributed by atoms with E-state index in [1.807, 2.05) is 23.0 Å². The van der Waals surface area contributed by atoms with Crippen LogP contribution in [0.4, 0.5) is 5.69 Å². The summed E-state index contributed by atoms with van der Waals surface area (Å²) in [6, 6.07) is 5.95. The van der Waals surface area contributed by atoms with E-state index in [-0.39, 0.29) is 0 Å². The molecular formula is C16H21N5. The number of imidazole rings is 1. The van der Waals surface area contributed by atoms with Gasteiger partial charge in [0.05, 0.1) is 23.8 Å². The van der Waals surface area contributed by atoms with Crippen molar-refractivity contribution >= 4 is 16.7 Å². The highest BCUT2D eigenvalue weighted by molar-refractivity contribution is 5.79. The third-order valence-electron chi connectivity index (χ3n) is 3.64. The van der Waals surface area contributed by atoms with Crippen molar-refractivity contribution in [3.8, 4) is 0 Å². The molecule has 2 heterocycles. The van der Waals surface area contributed by atoms with Gasteiger partial charge in [0.1, 0.15) is 5.82 Å². The Hall–Kier alpha value is -2.30. The first kappa shape index (κ1) is 13.7. The summed E-state index contributed by atoms with van der Waals surface area (Å²) in [5.41, 5.74) is 9.94. The van der Waals surface area contributed by atoms with Gasteiger partial charge in [-0.25, -0.2) is 4.98 Å². The van der Waals surface area contributed by atoms with E-state index in [1.54, 1.807) is 0 Å². The number of aromatic nitrogens is 4. The smallest absolute Gasteiger partial charge is 0.109 e. The van der Waals surface area contributed by atoms with Crippen LogP contribution in [0.15, 0.2) is 30.6 Å². The van der Waals surface area contributed by atoms with Crippen molar-refractivity contribution in [3.05, 3.63) is 42.0 Å². The average molecular weight is 283 g/mol. The second kappa shape index (κ2) is 5.60. The molecule has 0 unspecified atom stereocenters. The van der Waals surface area contributed by atoms with E-state index < -0.39 is 0 Å². The highest BCUT2D eigenvalue weighted by Crippen LogP contribution is 2.20. The molecular weight excluding hydrogens is 262 g/mol. The summed E-state index contributed by atoms with van der Waals surface area (Å²) in [5, 5.41) is 4.35. The first-order valence-corrected chi connectivity index (χ1v) is 7.41. The molecule has 0 aliphatic carbocycles. The number of hydrogen-bond donors (Lipinski definition) is 1. The molecule has 0 atom stereocenters. The molecule has 0 aliphatic heterocycles. The van der Waals surface area contributed by atoms with E-state index in [9.17, 15) is 0 Å². The van der Waals surface area contributed by atoms with E-state index in [0.29, 0.717) is 0 Å². The fourth-order valence-electron chi connectivity index (χ4n) is 2.65. The van der Waals surface area contributed by atoms with Crippen molar-refractivity contribution < 1.29 is 0 Å². The molecule has 0 saturated carbocycles. The Morgan fingerprint density at radius 3 is 2.81 bits per heavy atom. The van der Waals surface area contributed by atoms with Gasteiger partial charge in [0.2, 0.25) is 0 Å². The van der Waals surface area contributed by atoms with Crippen LogP contribution in [0.25, 0.3) is 11.0 Å². The predicted molar refractivity (Wildman–Crippen MR) is 85.1 cm³/mol. The molecule has 5 nitrogen and oxygen atoms in total. The van der Waals surface area contributed by atoms with Crippen LogP contribution in [0.5, 0.6) is 0 Å². The van der Waals surface area contributed by atoms with E-state index in [4.69, 9.17) is 10.7 Å². The minimum Gasteiger partial charge on any atom is -0.399 e. The van der Waals surface area contributed by atoms with Crippen LogP contribution < -0.4 is 5.73 Å². The Kier molecular flexibility index (Phi) is 3.64. The van der Waals surface area contributed by atoms with Gasteiger partial charge in [-0.05, 0) is 37.1 Å². The van der Waals surface area contributed by atoms with Crippen molar-refractivity contribution in [3.63, 3.8) is 0 Å². The summed E-state index contributed by atoms with van der Waals surface area (Å²) in [6.07, 6.45) is 6.02. The maximum atomic E-state index is 5.86. The maximum absolute atomic E-state index is 5.86. The minimum atomic E-state index is 0.762. The lowest BCUT2D eigenvalue weighted by Crippen LogP contribution is -2.10. The van der Waals surface area contributed by atoms with Gasteiger partial charge < -0.3 is 10.3 Å². The molecule has 1 aromatic carbocycles. The summed E-state index contributed by atoms with van der Waals surface area (Å²) in [5.74, 6) is 1.13. The first-order chi connectivity index (χ1) is 10.2. The van der Waals surface area contributed by atoms with Crippen LogP contribution >= 0.6 is 0 Å². The number of nitrogens with zero attached hydrogens (tertiary/aromatic N) is 4. The maximum Gasteiger partial charge on any atom is 0.109 e. The molecule has 110 valence electrons. The van der Waals surface area contributed by atoms with Crippen LogP contribution in [0.3, 0.4) is 0 Å². The Morgan fingerprint density at radius 2 is 2.10 bits per heavy atom. The van der Waals surface area contributed by atoms with Crippen LogP contribution in [0.1, 0.15) is 24.7 Å². The number of nitrogen functional groups attached to an aromatic ring is 1. The molecule has 0 aliphatic rings. The Balaban J connectivity index is 1.92. The lowest BCUT2D eigenvalue weighted by molar-refractivity contribution is 0.526. The van der Waals surface area contributed by atoms with E-state index in [2.05, 4.69) is 35.8 Å². The minimum absolute atomic E-state index is 0.762. The molecule has 0 saturated heterocycles. The third-order valence-corrected chi connectivity index (χ3v) is 3.64. The van der Waals surface area contributed by atoms with Crippen molar-refractivity contribution in [2.24, 2.45) is 0 Å². The van der Waals surface area contributed by atoms with Crippen LogP contribution in [0, 0.1) is 6.92 Å². The van der Waals surface area contributed by atoms with Gasteiger partial charge in [-0.1, -0.05) is 6.92 Å². The molecule has 2 aromatic heterocycles. The van der Waals surface area contributed by atoms with Gasteiger partial charge in [0.15, 0.2) is 0 Å². The Labute approximate surface area is 124 Å². The van der Waals surface area contributed by atoms with Crippen LogP contribution in [0.2, 0.25) is 0 Å². The molecule has 0 spiro atoms. The Morgan fingerprint density at radius 1 is 1.24 bits per heavy atom. The van der Waals surface area contributed by atoms with Gasteiger partial charge >= 0.3 is 0 Å². The highest BCUT2D eigenvalue weighted by Gasteiger charge is 2.10. The van der Waals surface area contributed by atoms with Gasteiger partial charge in [-0.3, -0.25) is 4.68 Å². The number of anilines is 1. The normalized spacial score (nSPS) is 11.3. The molecule has 3 aromatic rings. The SMILES string of the molecule is CCCc1nc2cc(N)ccc2n1CCn1cc(C)cn1. The van der Waals surface area contributed by atoms with E-state index in [1.165, 1.54) is 5.56 Å². The summed E-state index contributed by atoms with van der Waals surface area (Å²) in [4.78, 5) is 4.73. The summed E-state index contributed by atoms with van der Waals surface area (Å²) < 4.78 is 4.27. The molecule has 5 heteroatoms. The van der Waals surface area contributed by atoms with Crippen molar-refractivity contribution in [1.29, 1.82) is 0 Å². The van der Waals surface area contributed by atoms with Crippen molar-refractivity contribution in [1.82, 2.24) is 19.3 Å². The summed E-state index contributed by atoms with van der Waals surface area (Å²) in [7, 11) is 0. The third kappa shape index (κ3) is 2.77. The quantitative estimate of drug-likeness (QED) is 0.732. The van der Waals surface area contributed by atoms with Gasteiger partial charge in [0.25, 0.3) is 0 Å². The molecule has 2 N–H and O–H groups in total. The zero-order valence-corrected chi connectivity index (χ0v) is 12.6.